The lowest BCUT2D eigenvalue weighted by molar-refractivity contribution is 0.262. The molecule has 2 heterocycles. The fourth-order valence-electron chi connectivity index (χ4n) is 2.64. The molecule has 0 radical (unpaired) electrons. The Labute approximate surface area is 138 Å². The average Bonchev–Trinajstić information content (AvgIpc) is 3.12. The van der Waals surface area contributed by atoms with Crippen molar-refractivity contribution in [2.75, 3.05) is 10.6 Å². The summed E-state index contributed by atoms with van der Waals surface area (Å²) < 4.78 is 7.07. The molecule has 1 aliphatic rings. The van der Waals surface area contributed by atoms with E-state index in [2.05, 4.69) is 20.7 Å². The van der Waals surface area contributed by atoms with Crippen LogP contribution in [-0.2, 0) is 7.05 Å². The molecule has 2 amide bonds. The highest BCUT2D eigenvalue weighted by atomic mass is 16.3. The molecule has 122 valence electrons. The van der Waals surface area contributed by atoms with Crippen LogP contribution in [0.1, 0.15) is 24.5 Å². The van der Waals surface area contributed by atoms with Crippen molar-refractivity contribution < 1.29 is 9.21 Å². The Hall–Kier alpha value is -3.09. The maximum atomic E-state index is 12.1. The molecule has 0 atom stereocenters. The molecule has 0 bridgehead atoms. The Balaban J connectivity index is 1.39. The Bertz CT molecular complexity index is 848. The van der Waals surface area contributed by atoms with Crippen molar-refractivity contribution >= 4 is 17.5 Å². The van der Waals surface area contributed by atoms with Gasteiger partial charge in [0.2, 0.25) is 5.89 Å². The first-order valence-corrected chi connectivity index (χ1v) is 7.81. The Morgan fingerprint density at radius 2 is 2.04 bits per heavy atom. The van der Waals surface area contributed by atoms with Gasteiger partial charge in [-0.3, -0.25) is 10.00 Å². The molecule has 1 saturated carbocycles. The highest BCUT2D eigenvalue weighted by molar-refractivity contribution is 5.99. The fourth-order valence-corrected chi connectivity index (χ4v) is 2.64. The predicted octanol–water partition coefficient (Wildman–Crippen LogP) is 3.60. The van der Waals surface area contributed by atoms with Crippen LogP contribution in [0, 0.1) is 0 Å². The van der Waals surface area contributed by atoms with Crippen LogP contribution in [0.25, 0.3) is 11.5 Å². The first-order chi connectivity index (χ1) is 11.7. The van der Waals surface area contributed by atoms with Crippen LogP contribution in [-0.4, -0.2) is 20.8 Å². The Kier molecular flexibility index (Phi) is 3.53. The summed E-state index contributed by atoms with van der Waals surface area (Å²) in [5.74, 6) is 1.70. The molecule has 7 nitrogen and oxygen atoms in total. The number of carbonyl (C=O) groups is 1. The zero-order chi connectivity index (χ0) is 16.5. The second-order valence-corrected chi connectivity index (χ2v) is 5.85. The molecule has 0 saturated heterocycles. The molecular formula is C17H17N5O2. The van der Waals surface area contributed by atoms with Gasteiger partial charge in [-0.15, -0.1) is 0 Å². The van der Waals surface area contributed by atoms with Gasteiger partial charge in [-0.25, -0.2) is 9.78 Å². The lowest BCUT2D eigenvalue weighted by atomic mass is 10.2. The molecule has 4 rings (SSSR count). The first-order valence-electron chi connectivity index (χ1n) is 7.81. The first kappa shape index (κ1) is 14.5. The van der Waals surface area contributed by atoms with Crippen molar-refractivity contribution in [3.8, 4) is 11.5 Å². The average molecular weight is 323 g/mol. The lowest BCUT2D eigenvalue weighted by Crippen LogP contribution is -2.19. The summed E-state index contributed by atoms with van der Waals surface area (Å²) >= 11 is 0. The highest BCUT2D eigenvalue weighted by Crippen LogP contribution is 2.40. The number of nitrogens with zero attached hydrogens (tertiary/aromatic N) is 3. The molecular weight excluding hydrogens is 306 g/mol. The third-order valence-corrected chi connectivity index (χ3v) is 3.98. The van der Waals surface area contributed by atoms with Crippen LogP contribution >= 0.6 is 0 Å². The summed E-state index contributed by atoms with van der Waals surface area (Å²) in [5.41, 5.74) is 2.70. The molecule has 1 aromatic carbocycles. The summed E-state index contributed by atoms with van der Waals surface area (Å²) in [6.45, 7) is 0. The number of hydrogen-bond acceptors (Lipinski definition) is 4. The van der Waals surface area contributed by atoms with E-state index >= 15 is 0 Å². The van der Waals surface area contributed by atoms with E-state index in [1.165, 1.54) is 24.8 Å². The molecule has 3 aromatic rings. The summed E-state index contributed by atoms with van der Waals surface area (Å²) in [6.07, 6.45) is 5.51. The number of nitrogens with one attached hydrogen (secondary N) is 2. The minimum Gasteiger partial charge on any atom is -0.445 e. The third-order valence-electron chi connectivity index (χ3n) is 3.98. The van der Waals surface area contributed by atoms with E-state index in [9.17, 15) is 4.79 Å². The van der Waals surface area contributed by atoms with E-state index in [1.54, 1.807) is 18.3 Å². The predicted molar refractivity (Wildman–Crippen MR) is 89.8 cm³/mol. The second-order valence-electron chi connectivity index (χ2n) is 5.85. The zero-order valence-corrected chi connectivity index (χ0v) is 13.2. The number of aryl methyl sites for hydroxylation is 1. The molecule has 24 heavy (non-hydrogen) atoms. The van der Waals surface area contributed by atoms with Gasteiger partial charge in [-0.1, -0.05) is 0 Å². The highest BCUT2D eigenvalue weighted by Gasteiger charge is 2.27. The lowest BCUT2D eigenvalue weighted by Gasteiger charge is -2.06. The SMILES string of the molecule is Cn1nc(NC(=O)Nc2ccc(-c3ncco3)cc2)cc1C1CC1. The standard InChI is InChI=1S/C17H17N5O2/c1-22-14(11-2-3-11)10-15(21-22)20-17(23)19-13-6-4-12(5-7-13)16-18-8-9-24-16/h4-11H,2-3H2,1H3,(H2,19,20,21,23). The normalized spacial score (nSPS) is 13.7. The summed E-state index contributed by atoms with van der Waals surface area (Å²) in [7, 11) is 1.90. The quantitative estimate of drug-likeness (QED) is 0.768. The van der Waals surface area contributed by atoms with Gasteiger partial charge in [0, 0.05) is 36.0 Å². The van der Waals surface area contributed by atoms with Crippen LogP contribution in [0.3, 0.4) is 0 Å². The number of benzene rings is 1. The number of hydrogen-bond donors (Lipinski definition) is 2. The van der Waals surface area contributed by atoms with Crippen LogP contribution in [0.15, 0.2) is 47.2 Å². The van der Waals surface area contributed by atoms with Gasteiger partial charge in [0.15, 0.2) is 5.82 Å². The minimum atomic E-state index is -0.320. The van der Waals surface area contributed by atoms with Crippen molar-refractivity contribution in [1.82, 2.24) is 14.8 Å². The number of amides is 2. The molecule has 1 fully saturated rings. The number of carbonyl (C=O) groups excluding carboxylic acids is 1. The van der Waals surface area contributed by atoms with Crippen molar-refractivity contribution in [2.24, 2.45) is 7.05 Å². The van der Waals surface area contributed by atoms with Crippen molar-refractivity contribution in [2.45, 2.75) is 18.8 Å². The van der Waals surface area contributed by atoms with Gasteiger partial charge in [0.05, 0.1) is 6.20 Å². The van der Waals surface area contributed by atoms with E-state index in [0.29, 0.717) is 23.3 Å². The molecule has 2 aromatic heterocycles. The largest absolute Gasteiger partial charge is 0.445 e. The van der Waals surface area contributed by atoms with Crippen molar-refractivity contribution in [3.05, 3.63) is 48.5 Å². The maximum Gasteiger partial charge on any atom is 0.324 e. The van der Waals surface area contributed by atoms with E-state index in [4.69, 9.17) is 4.42 Å². The topological polar surface area (TPSA) is 85.0 Å². The van der Waals surface area contributed by atoms with Gasteiger partial charge in [-0.05, 0) is 37.1 Å². The van der Waals surface area contributed by atoms with E-state index in [-0.39, 0.29) is 6.03 Å². The van der Waals surface area contributed by atoms with Gasteiger partial charge in [-0.2, -0.15) is 5.10 Å². The molecule has 0 aliphatic heterocycles. The molecule has 0 unspecified atom stereocenters. The van der Waals surface area contributed by atoms with Crippen molar-refractivity contribution in [3.63, 3.8) is 0 Å². The maximum absolute atomic E-state index is 12.1. The van der Waals surface area contributed by atoms with Crippen molar-refractivity contribution in [1.29, 1.82) is 0 Å². The van der Waals surface area contributed by atoms with Crippen LogP contribution in [0.2, 0.25) is 0 Å². The van der Waals surface area contributed by atoms with E-state index in [0.717, 1.165) is 5.56 Å². The van der Waals surface area contributed by atoms with Crippen LogP contribution < -0.4 is 10.6 Å². The minimum absolute atomic E-state index is 0.320. The summed E-state index contributed by atoms with van der Waals surface area (Å²) in [6, 6.07) is 8.89. The van der Waals surface area contributed by atoms with Gasteiger partial charge in [0.1, 0.15) is 6.26 Å². The Morgan fingerprint density at radius 3 is 2.71 bits per heavy atom. The van der Waals surface area contributed by atoms with Gasteiger partial charge >= 0.3 is 6.03 Å². The number of urea groups is 1. The third kappa shape index (κ3) is 3.01. The molecule has 7 heteroatoms. The van der Waals surface area contributed by atoms with Crippen LogP contribution in [0.4, 0.5) is 16.3 Å². The number of oxazole rings is 1. The smallest absolute Gasteiger partial charge is 0.324 e. The van der Waals surface area contributed by atoms with E-state index < -0.39 is 0 Å². The molecule has 0 spiro atoms. The number of rotatable bonds is 4. The van der Waals surface area contributed by atoms with Gasteiger partial charge < -0.3 is 9.73 Å². The fraction of sp³-hybridized carbons (Fsp3) is 0.235. The number of aromatic nitrogens is 3. The Morgan fingerprint density at radius 1 is 1.25 bits per heavy atom. The number of anilines is 2. The zero-order valence-electron chi connectivity index (χ0n) is 13.2. The van der Waals surface area contributed by atoms with Crippen LogP contribution in [0.5, 0.6) is 0 Å². The second kappa shape index (κ2) is 5.84. The van der Waals surface area contributed by atoms with Gasteiger partial charge in [0.25, 0.3) is 0 Å². The monoisotopic (exact) mass is 323 g/mol. The molecule has 2 N–H and O–H groups in total. The summed E-state index contributed by atoms with van der Waals surface area (Å²) in [4.78, 5) is 16.2. The molecule has 1 aliphatic carbocycles. The summed E-state index contributed by atoms with van der Waals surface area (Å²) in [5, 5.41) is 9.88. The van der Waals surface area contributed by atoms with E-state index in [1.807, 2.05) is 29.9 Å².